The Morgan fingerprint density at radius 2 is 1.93 bits per heavy atom. The Hall–Kier alpha value is -3.75. The van der Waals surface area contributed by atoms with Crippen LogP contribution in [0.1, 0.15) is 44.8 Å². The Morgan fingerprint density at radius 3 is 2.63 bits per heavy atom. The molecule has 0 radical (unpaired) electrons. The molecule has 0 saturated heterocycles. The van der Waals surface area contributed by atoms with Crippen LogP contribution >= 0.6 is 0 Å². The van der Waals surface area contributed by atoms with Crippen LogP contribution in [0.5, 0.6) is 0 Å². The highest BCUT2D eigenvalue weighted by atomic mass is 16.5. The van der Waals surface area contributed by atoms with Crippen molar-refractivity contribution in [3.63, 3.8) is 0 Å². The van der Waals surface area contributed by atoms with E-state index in [0.717, 1.165) is 11.2 Å². The molecule has 3 heterocycles. The van der Waals surface area contributed by atoms with E-state index in [1.54, 1.807) is 41.9 Å². The zero-order chi connectivity index (χ0) is 21.4. The monoisotopic (exact) mass is 407 g/mol. The Labute approximate surface area is 172 Å². The van der Waals surface area contributed by atoms with Crippen LogP contribution in [0.3, 0.4) is 0 Å². The van der Waals surface area contributed by atoms with Crippen molar-refractivity contribution < 1.29 is 18.8 Å². The van der Waals surface area contributed by atoms with Gasteiger partial charge in [0.05, 0.1) is 11.1 Å². The van der Waals surface area contributed by atoms with Gasteiger partial charge >= 0.3 is 5.97 Å². The van der Waals surface area contributed by atoms with E-state index < -0.39 is 5.97 Å². The van der Waals surface area contributed by atoms with E-state index in [9.17, 15) is 9.59 Å². The summed E-state index contributed by atoms with van der Waals surface area (Å²) in [6, 6.07) is 8.57. The topological polar surface area (TPSA) is 105 Å². The first-order valence-corrected chi connectivity index (χ1v) is 9.55. The number of carbonyl (C=O) groups is 2. The fourth-order valence-corrected chi connectivity index (χ4v) is 3.48. The predicted octanol–water partition coefficient (Wildman–Crippen LogP) is 3.19. The molecule has 0 atom stereocenters. The molecule has 9 heteroatoms. The normalized spacial score (nSPS) is 11.2. The minimum absolute atomic E-state index is 0.291. The third-order valence-electron chi connectivity index (χ3n) is 4.96. The van der Waals surface area contributed by atoms with Crippen molar-refractivity contribution in [3.05, 3.63) is 58.6 Å². The molecule has 0 aliphatic carbocycles. The highest BCUT2D eigenvalue weighted by molar-refractivity contribution is 6.01. The average Bonchev–Trinajstić information content (AvgIpc) is 3.42. The van der Waals surface area contributed by atoms with Crippen molar-refractivity contribution in [2.75, 3.05) is 6.61 Å². The number of nitrogens with zero attached hydrogens (tertiary/aromatic N) is 5. The van der Waals surface area contributed by atoms with E-state index in [-0.39, 0.29) is 12.4 Å². The van der Waals surface area contributed by atoms with Gasteiger partial charge < -0.3 is 9.26 Å². The van der Waals surface area contributed by atoms with Crippen LogP contribution in [-0.2, 0) is 11.3 Å². The summed E-state index contributed by atoms with van der Waals surface area (Å²) in [5.41, 5.74) is 3.77. The molecule has 0 saturated carbocycles. The van der Waals surface area contributed by atoms with E-state index in [2.05, 4.69) is 15.5 Å². The molecule has 4 aromatic rings. The van der Waals surface area contributed by atoms with Crippen LogP contribution in [0.4, 0.5) is 0 Å². The molecule has 3 aromatic heterocycles. The van der Waals surface area contributed by atoms with Gasteiger partial charge in [-0.05, 0) is 52.0 Å². The summed E-state index contributed by atoms with van der Waals surface area (Å²) >= 11 is 0. The lowest BCUT2D eigenvalue weighted by Gasteiger charge is -2.06. The fourth-order valence-electron chi connectivity index (χ4n) is 3.48. The fraction of sp³-hybridized carbons (Fsp3) is 0.286. The van der Waals surface area contributed by atoms with Crippen molar-refractivity contribution >= 4 is 22.8 Å². The van der Waals surface area contributed by atoms with E-state index in [0.29, 0.717) is 40.5 Å². The molecule has 0 aliphatic heterocycles. The van der Waals surface area contributed by atoms with Crippen LogP contribution < -0.4 is 0 Å². The van der Waals surface area contributed by atoms with Gasteiger partial charge in [-0.15, -0.1) is 5.10 Å². The first-order chi connectivity index (χ1) is 14.4. The summed E-state index contributed by atoms with van der Waals surface area (Å²) in [5, 5.41) is 12.1. The maximum absolute atomic E-state index is 12.7. The maximum Gasteiger partial charge on any atom is 0.338 e. The third-order valence-corrected chi connectivity index (χ3v) is 4.96. The SMILES string of the molecule is CCn1nnc2cc(C(=O)OCC(=O)c3cc(C)n(-c4cc(C)on4)c3C)ccc21. The Balaban J connectivity index is 1.49. The molecule has 0 aliphatic rings. The van der Waals surface area contributed by atoms with Crippen molar-refractivity contribution in [1.82, 2.24) is 24.7 Å². The molecule has 9 nitrogen and oxygen atoms in total. The highest BCUT2D eigenvalue weighted by Gasteiger charge is 2.20. The first-order valence-electron chi connectivity index (χ1n) is 9.55. The molecule has 0 amide bonds. The maximum atomic E-state index is 12.7. The van der Waals surface area contributed by atoms with Gasteiger partial charge in [-0.1, -0.05) is 10.4 Å². The molecule has 1 aromatic carbocycles. The third kappa shape index (κ3) is 3.38. The van der Waals surface area contributed by atoms with Crippen molar-refractivity contribution in [2.24, 2.45) is 0 Å². The summed E-state index contributed by atoms with van der Waals surface area (Å²) in [6.07, 6.45) is 0. The van der Waals surface area contributed by atoms with Crippen molar-refractivity contribution in [1.29, 1.82) is 0 Å². The number of ketones is 1. The summed E-state index contributed by atoms with van der Waals surface area (Å²) in [5.74, 6) is 0.403. The second-order valence-corrected chi connectivity index (χ2v) is 7.02. The lowest BCUT2D eigenvalue weighted by Crippen LogP contribution is -2.15. The molecule has 0 bridgehead atoms. The number of hydrogen-bond donors (Lipinski definition) is 0. The van der Waals surface area contributed by atoms with Crippen LogP contribution in [0.2, 0.25) is 0 Å². The van der Waals surface area contributed by atoms with Gasteiger partial charge in [0.25, 0.3) is 0 Å². The van der Waals surface area contributed by atoms with Crippen molar-refractivity contribution in [3.8, 4) is 5.82 Å². The van der Waals surface area contributed by atoms with E-state index in [1.807, 2.05) is 25.3 Å². The van der Waals surface area contributed by atoms with Gasteiger partial charge in [0, 0.05) is 29.6 Å². The predicted molar refractivity (Wildman–Crippen MR) is 108 cm³/mol. The molecular formula is C21H21N5O4. The van der Waals surface area contributed by atoms with Crippen LogP contribution in [0, 0.1) is 20.8 Å². The summed E-state index contributed by atoms with van der Waals surface area (Å²) in [4.78, 5) is 25.1. The van der Waals surface area contributed by atoms with Gasteiger partial charge in [-0.3, -0.25) is 9.36 Å². The lowest BCUT2D eigenvalue weighted by molar-refractivity contribution is 0.0474. The molecule has 30 heavy (non-hydrogen) atoms. The number of aryl methyl sites for hydroxylation is 3. The highest BCUT2D eigenvalue weighted by Crippen LogP contribution is 2.21. The van der Waals surface area contributed by atoms with Gasteiger partial charge in [0.1, 0.15) is 11.3 Å². The second kappa shape index (κ2) is 7.58. The molecule has 154 valence electrons. The van der Waals surface area contributed by atoms with Crippen LogP contribution in [0.25, 0.3) is 16.9 Å². The number of Topliss-reactive ketones (excluding diaryl/α,β-unsaturated/α-hetero) is 1. The Kier molecular flexibility index (Phi) is 4.94. The van der Waals surface area contributed by atoms with Crippen molar-refractivity contribution in [2.45, 2.75) is 34.2 Å². The van der Waals surface area contributed by atoms with E-state index >= 15 is 0 Å². The molecule has 0 N–H and O–H groups in total. The molecule has 0 fully saturated rings. The van der Waals surface area contributed by atoms with Crippen LogP contribution in [0.15, 0.2) is 34.9 Å². The number of carbonyl (C=O) groups excluding carboxylic acids is 2. The molecule has 0 unspecified atom stereocenters. The average molecular weight is 407 g/mol. The van der Waals surface area contributed by atoms with Crippen LogP contribution in [-0.4, -0.2) is 43.1 Å². The smallest absolute Gasteiger partial charge is 0.338 e. The zero-order valence-electron chi connectivity index (χ0n) is 17.2. The quantitative estimate of drug-likeness (QED) is 0.357. The molecule has 4 rings (SSSR count). The Morgan fingerprint density at radius 1 is 1.13 bits per heavy atom. The minimum atomic E-state index is -0.586. The number of rotatable bonds is 6. The Bertz CT molecular complexity index is 1260. The van der Waals surface area contributed by atoms with Gasteiger partial charge in [-0.2, -0.15) is 0 Å². The lowest BCUT2D eigenvalue weighted by atomic mass is 10.1. The molecular weight excluding hydrogens is 386 g/mol. The number of ether oxygens (including phenoxy) is 1. The standard InChI is InChI=1S/C21H21N5O4/c1-5-25-18-7-6-15(10-17(18)22-24-25)21(28)29-11-19(27)16-8-12(2)26(14(16)4)20-9-13(3)30-23-20/h6-10H,5,11H2,1-4H3. The number of hydrogen-bond acceptors (Lipinski definition) is 7. The first kappa shape index (κ1) is 19.6. The molecule has 0 spiro atoms. The second-order valence-electron chi connectivity index (χ2n) is 7.02. The number of aromatic nitrogens is 5. The van der Waals surface area contributed by atoms with Gasteiger partial charge in [0.2, 0.25) is 5.78 Å². The van der Waals surface area contributed by atoms with Gasteiger partial charge in [-0.25, -0.2) is 9.48 Å². The number of fused-ring (bicyclic) bond motifs is 1. The van der Waals surface area contributed by atoms with E-state index in [1.165, 1.54) is 0 Å². The summed E-state index contributed by atoms with van der Waals surface area (Å²) < 4.78 is 13.9. The summed E-state index contributed by atoms with van der Waals surface area (Å²) in [7, 11) is 0. The summed E-state index contributed by atoms with van der Waals surface area (Å²) in [6.45, 7) is 7.77. The number of esters is 1. The van der Waals surface area contributed by atoms with E-state index in [4.69, 9.17) is 9.26 Å². The number of benzene rings is 1. The zero-order valence-corrected chi connectivity index (χ0v) is 17.2. The van der Waals surface area contributed by atoms with Gasteiger partial charge in [0.15, 0.2) is 12.4 Å². The largest absolute Gasteiger partial charge is 0.454 e. The minimum Gasteiger partial charge on any atom is -0.454 e.